The number of ketones is 1. The SMILES string of the molecule is CO[C@H](CCBr)[C@H]1CCCC[C@]12CCC2=O. The van der Waals surface area contributed by atoms with Crippen LogP contribution < -0.4 is 0 Å². The van der Waals surface area contributed by atoms with E-state index < -0.39 is 0 Å². The summed E-state index contributed by atoms with van der Waals surface area (Å²) in [5.41, 5.74) is 0.0150. The lowest BCUT2D eigenvalue weighted by atomic mass is 9.53. The Kier molecular flexibility index (Phi) is 4.06. The maximum atomic E-state index is 12.0. The third kappa shape index (κ3) is 1.97. The molecule has 0 heterocycles. The minimum atomic E-state index is 0.0150. The first-order valence-electron chi connectivity index (χ1n) is 6.36. The van der Waals surface area contributed by atoms with Gasteiger partial charge in [0.15, 0.2) is 0 Å². The van der Waals surface area contributed by atoms with E-state index in [2.05, 4.69) is 15.9 Å². The fourth-order valence-corrected chi connectivity index (χ4v) is 4.05. The third-order valence-electron chi connectivity index (χ3n) is 4.60. The van der Waals surface area contributed by atoms with Crippen molar-refractivity contribution in [2.24, 2.45) is 11.3 Å². The number of Topliss-reactive ketones (excluding diaryl/α,β-unsaturated/α-hetero) is 1. The van der Waals surface area contributed by atoms with Gasteiger partial charge in [-0.1, -0.05) is 28.8 Å². The van der Waals surface area contributed by atoms with Crippen LogP contribution in [0.5, 0.6) is 0 Å². The molecule has 2 rings (SSSR count). The van der Waals surface area contributed by atoms with Gasteiger partial charge < -0.3 is 4.74 Å². The Morgan fingerprint density at radius 1 is 1.50 bits per heavy atom. The largest absolute Gasteiger partial charge is 0.381 e. The van der Waals surface area contributed by atoms with Gasteiger partial charge in [-0.15, -0.1) is 0 Å². The minimum absolute atomic E-state index is 0.0150. The first-order valence-corrected chi connectivity index (χ1v) is 7.49. The number of ether oxygens (including phenoxy) is 1. The normalized spacial score (nSPS) is 36.1. The van der Waals surface area contributed by atoms with Crippen molar-refractivity contribution >= 4 is 21.7 Å². The number of rotatable bonds is 4. The molecule has 0 N–H and O–H groups in total. The molecule has 2 aliphatic rings. The van der Waals surface area contributed by atoms with Crippen LogP contribution in [0.2, 0.25) is 0 Å². The van der Waals surface area contributed by atoms with Crippen LogP contribution in [0.4, 0.5) is 0 Å². The van der Waals surface area contributed by atoms with Gasteiger partial charge in [0.05, 0.1) is 6.10 Å². The van der Waals surface area contributed by atoms with Gasteiger partial charge in [-0.3, -0.25) is 4.79 Å². The second-order valence-electron chi connectivity index (χ2n) is 5.18. The van der Waals surface area contributed by atoms with Crippen molar-refractivity contribution in [3.63, 3.8) is 0 Å². The smallest absolute Gasteiger partial charge is 0.139 e. The van der Waals surface area contributed by atoms with Crippen LogP contribution in [0.25, 0.3) is 0 Å². The molecule has 0 radical (unpaired) electrons. The average Bonchev–Trinajstić information content (AvgIpc) is 2.34. The summed E-state index contributed by atoms with van der Waals surface area (Å²) in [5.74, 6) is 0.985. The number of methoxy groups -OCH3 is 1. The molecular weight excluding hydrogens is 268 g/mol. The first kappa shape index (κ1) is 12.6. The van der Waals surface area contributed by atoms with Gasteiger partial charge in [0.2, 0.25) is 0 Å². The lowest BCUT2D eigenvalue weighted by Gasteiger charge is -2.51. The number of carbonyl (C=O) groups excluding carboxylic acids is 1. The van der Waals surface area contributed by atoms with Crippen molar-refractivity contribution in [2.75, 3.05) is 12.4 Å². The molecule has 0 bridgehead atoms. The van der Waals surface area contributed by atoms with Crippen LogP contribution in [-0.2, 0) is 9.53 Å². The third-order valence-corrected chi connectivity index (χ3v) is 5.05. The number of halogens is 1. The highest BCUT2D eigenvalue weighted by Gasteiger charge is 2.54. The van der Waals surface area contributed by atoms with Crippen molar-refractivity contribution < 1.29 is 9.53 Å². The zero-order chi connectivity index (χ0) is 11.6. The van der Waals surface area contributed by atoms with E-state index in [4.69, 9.17) is 4.74 Å². The van der Waals surface area contributed by atoms with Crippen molar-refractivity contribution in [3.05, 3.63) is 0 Å². The summed E-state index contributed by atoms with van der Waals surface area (Å²) < 4.78 is 5.63. The Labute approximate surface area is 106 Å². The summed E-state index contributed by atoms with van der Waals surface area (Å²) in [4.78, 5) is 12.0. The molecule has 92 valence electrons. The Bertz CT molecular complexity index is 267. The molecule has 2 nitrogen and oxygen atoms in total. The Morgan fingerprint density at radius 2 is 2.31 bits per heavy atom. The molecule has 0 unspecified atom stereocenters. The van der Waals surface area contributed by atoms with Gasteiger partial charge in [-0.25, -0.2) is 0 Å². The maximum Gasteiger partial charge on any atom is 0.139 e. The standard InChI is InChI=1S/C13H21BrO2/c1-16-11(6-9-14)10-4-2-3-7-13(10)8-5-12(13)15/h10-11H,2-9H2,1H3/t10-,11-,13+/m1/s1. The fourth-order valence-electron chi connectivity index (χ4n) is 3.60. The molecule has 0 saturated heterocycles. The molecule has 16 heavy (non-hydrogen) atoms. The average molecular weight is 289 g/mol. The summed E-state index contributed by atoms with van der Waals surface area (Å²) in [5, 5.41) is 0.965. The summed E-state index contributed by atoms with van der Waals surface area (Å²) >= 11 is 3.49. The molecule has 0 aromatic carbocycles. The second-order valence-corrected chi connectivity index (χ2v) is 5.98. The van der Waals surface area contributed by atoms with Crippen LogP contribution in [0.1, 0.15) is 44.9 Å². The lowest BCUT2D eigenvalue weighted by molar-refractivity contribution is -0.153. The molecule has 2 aliphatic carbocycles. The molecule has 0 aromatic rings. The number of hydrogen-bond donors (Lipinski definition) is 0. The molecule has 3 heteroatoms. The van der Waals surface area contributed by atoms with E-state index in [1.807, 2.05) is 0 Å². The van der Waals surface area contributed by atoms with Crippen molar-refractivity contribution in [3.8, 4) is 0 Å². The van der Waals surface area contributed by atoms with Crippen molar-refractivity contribution in [2.45, 2.75) is 51.0 Å². The highest BCUT2D eigenvalue weighted by molar-refractivity contribution is 9.09. The fraction of sp³-hybridized carbons (Fsp3) is 0.923. The van der Waals surface area contributed by atoms with Crippen LogP contribution >= 0.6 is 15.9 Å². The van der Waals surface area contributed by atoms with Crippen LogP contribution in [0, 0.1) is 11.3 Å². The van der Waals surface area contributed by atoms with E-state index >= 15 is 0 Å². The molecule has 0 amide bonds. The predicted octanol–water partition coefficient (Wildman–Crippen LogP) is 3.33. The molecule has 2 fully saturated rings. The maximum absolute atomic E-state index is 12.0. The van der Waals surface area contributed by atoms with E-state index in [0.717, 1.165) is 31.0 Å². The van der Waals surface area contributed by atoms with Gasteiger partial charge in [-0.2, -0.15) is 0 Å². The second kappa shape index (κ2) is 5.18. The highest BCUT2D eigenvalue weighted by Crippen LogP contribution is 2.54. The zero-order valence-corrected chi connectivity index (χ0v) is 11.6. The van der Waals surface area contributed by atoms with Gasteiger partial charge in [0.25, 0.3) is 0 Å². The van der Waals surface area contributed by atoms with Crippen LogP contribution in [0.15, 0.2) is 0 Å². The molecule has 3 atom stereocenters. The van der Waals surface area contributed by atoms with Crippen LogP contribution in [-0.4, -0.2) is 24.3 Å². The summed E-state index contributed by atoms with van der Waals surface area (Å²) in [6.07, 6.45) is 7.99. The molecule has 2 saturated carbocycles. The van der Waals surface area contributed by atoms with Crippen LogP contribution in [0.3, 0.4) is 0 Å². The van der Waals surface area contributed by atoms with E-state index in [9.17, 15) is 4.79 Å². The van der Waals surface area contributed by atoms with E-state index in [1.54, 1.807) is 7.11 Å². The number of hydrogen-bond acceptors (Lipinski definition) is 2. The predicted molar refractivity (Wildman–Crippen MR) is 67.8 cm³/mol. The van der Waals surface area contributed by atoms with E-state index in [1.165, 1.54) is 19.3 Å². The summed E-state index contributed by atoms with van der Waals surface area (Å²) in [7, 11) is 1.79. The Morgan fingerprint density at radius 3 is 2.81 bits per heavy atom. The topological polar surface area (TPSA) is 26.3 Å². The molecule has 1 spiro atoms. The number of alkyl halides is 1. The van der Waals surface area contributed by atoms with E-state index in [0.29, 0.717) is 11.7 Å². The molecular formula is C13H21BrO2. The van der Waals surface area contributed by atoms with Crippen molar-refractivity contribution in [1.29, 1.82) is 0 Å². The first-order chi connectivity index (χ1) is 7.74. The van der Waals surface area contributed by atoms with Gasteiger partial charge in [0, 0.05) is 24.3 Å². The molecule has 0 aromatic heterocycles. The molecule has 0 aliphatic heterocycles. The number of carbonyl (C=O) groups is 1. The summed E-state index contributed by atoms with van der Waals surface area (Å²) in [6.45, 7) is 0. The minimum Gasteiger partial charge on any atom is -0.381 e. The zero-order valence-electron chi connectivity index (χ0n) is 10.0. The summed E-state index contributed by atoms with van der Waals surface area (Å²) in [6, 6.07) is 0. The van der Waals surface area contributed by atoms with Gasteiger partial charge >= 0.3 is 0 Å². The highest BCUT2D eigenvalue weighted by atomic mass is 79.9. The van der Waals surface area contributed by atoms with Crippen molar-refractivity contribution in [1.82, 2.24) is 0 Å². The van der Waals surface area contributed by atoms with Gasteiger partial charge in [0.1, 0.15) is 5.78 Å². The van der Waals surface area contributed by atoms with Gasteiger partial charge in [-0.05, 0) is 31.6 Å². The monoisotopic (exact) mass is 288 g/mol. The Balaban J connectivity index is 2.12. The van der Waals surface area contributed by atoms with E-state index in [-0.39, 0.29) is 11.5 Å². The lowest BCUT2D eigenvalue weighted by Crippen LogP contribution is -2.52. The Hall–Kier alpha value is 0.110. The quantitative estimate of drug-likeness (QED) is 0.742.